The maximum Gasteiger partial charge on any atom is 0.226 e. The molecule has 0 spiro atoms. The first kappa shape index (κ1) is 24.7. The van der Waals surface area contributed by atoms with E-state index >= 15 is 0 Å². The van der Waals surface area contributed by atoms with Gasteiger partial charge < -0.3 is 20.1 Å². The second-order valence-electron chi connectivity index (χ2n) is 9.50. The van der Waals surface area contributed by atoms with Gasteiger partial charge in [-0.15, -0.1) is 0 Å². The first-order chi connectivity index (χ1) is 17.9. The second-order valence-corrected chi connectivity index (χ2v) is 9.89. The summed E-state index contributed by atoms with van der Waals surface area (Å²) < 4.78 is 2.21. The van der Waals surface area contributed by atoms with Gasteiger partial charge in [0.15, 0.2) is 5.11 Å². The molecular formula is C30H31N5OS. The molecule has 6 nitrogen and oxygen atoms in total. The Morgan fingerprint density at radius 3 is 2.54 bits per heavy atom. The Morgan fingerprint density at radius 2 is 1.78 bits per heavy atom. The minimum absolute atomic E-state index is 0.0401. The summed E-state index contributed by atoms with van der Waals surface area (Å²) in [5.74, 6) is -0.0401. The van der Waals surface area contributed by atoms with E-state index in [2.05, 4.69) is 75.5 Å². The van der Waals surface area contributed by atoms with Gasteiger partial charge in [-0.2, -0.15) is 0 Å². The third kappa shape index (κ3) is 5.13. The number of hydrogen-bond acceptors (Lipinski definition) is 3. The molecule has 1 amide bonds. The highest BCUT2D eigenvalue weighted by Gasteiger charge is 2.41. The number of aromatic nitrogens is 2. The van der Waals surface area contributed by atoms with E-state index in [1.165, 1.54) is 11.1 Å². The summed E-state index contributed by atoms with van der Waals surface area (Å²) in [5, 5.41) is 7.16. The number of nitrogens with one attached hydrogen (secondary N) is 2. The van der Waals surface area contributed by atoms with Gasteiger partial charge in [-0.1, -0.05) is 30.3 Å². The fourth-order valence-electron chi connectivity index (χ4n) is 4.86. The Labute approximate surface area is 223 Å². The minimum Gasteiger partial charge on any atom is -0.352 e. The maximum absolute atomic E-state index is 12.9. The molecule has 2 atom stereocenters. The Kier molecular flexibility index (Phi) is 7.06. The van der Waals surface area contributed by atoms with Crippen molar-refractivity contribution < 1.29 is 4.79 Å². The molecule has 0 unspecified atom stereocenters. The van der Waals surface area contributed by atoms with E-state index in [4.69, 9.17) is 12.2 Å². The number of amides is 1. The Balaban J connectivity index is 1.46. The molecule has 5 rings (SSSR count). The van der Waals surface area contributed by atoms with E-state index < -0.39 is 0 Å². The molecule has 2 aromatic heterocycles. The zero-order valence-corrected chi connectivity index (χ0v) is 22.1. The van der Waals surface area contributed by atoms with Gasteiger partial charge >= 0.3 is 0 Å². The average Bonchev–Trinajstić information content (AvgIpc) is 3.50. The predicted molar refractivity (Wildman–Crippen MR) is 152 cm³/mol. The molecule has 188 valence electrons. The van der Waals surface area contributed by atoms with E-state index in [-0.39, 0.29) is 18.0 Å². The zero-order valence-electron chi connectivity index (χ0n) is 21.3. The maximum atomic E-state index is 12.9. The summed E-state index contributed by atoms with van der Waals surface area (Å²) in [6, 6.07) is 24.1. The van der Waals surface area contributed by atoms with Crippen molar-refractivity contribution in [2.75, 3.05) is 11.9 Å². The van der Waals surface area contributed by atoms with E-state index in [1.54, 1.807) is 6.20 Å². The predicted octanol–water partition coefficient (Wildman–Crippen LogP) is 5.80. The lowest BCUT2D eigenvalue weighted by Gasteiger charge is -2.29. The van der Waals surface area contributed by atoms with Gasteiger partial charge in [0.2, 0.25) is 5.91 Å². The minimum atomic E-state index is -0.145. The van der Waals surface area contributed by atoms with Crippen LogP contribution in [0, 0.1) is 20.8 Å². The molecule has 1 aliphatic heterocycles. The Morgan fingerprint density at radius 1 is 0.973 bits per heavy atom. The smallest absolute Gasteiger partial charge is 0.226 e. The van der Waals surface area contributed by atoms with Crippen molar-refractivity contribution in [1.82, 2.24) is 19.8 Å². The highest BCUT2D eigenvalue weighted by molar-refractivity contribution is 7.80. The van der Waals surface area contributed by atoms with Gasteiger partial charge in [-0.3, -0.25) is 9.78 Å². The van der Waals surface area contributed by atoms with Crippen LogP contribution in [0.25, 0.3) is 5.69 Å². The number of rotatable bonds is 7. The largest absolute Gasteiger partial charge is 0.352 e. The Bertz CT molecular complexity index is 1430. The fraction of sp³-hybridized carbons (Fsp3) is 0.233. The highest BCUT2D eigenvalue weighted by atomic mass is 32.1. The molecule has 3 heterocycles. The molecular weight excluding hydrogens is 478 g/mol. The summed E-state index contributed by atoms with van der Waals surface area (Å²) in [5.41, 5.74) is 7.46. The van der Waals surface area contributed by atoms with E-state index in [0.29, 0.717) is 18.1 Å². The van der Waals surface area contributed by atoms with E-state index in [1.807, 2.05) is 49.4 Å². The van der Waals surface area contributed by atoms with Crippen molar-refractivity contribution in [2.45, 2.75) is 39.3 Å². The zero-order chi connectivity index (χ0) is 25.9. The number of hydrogen-bond donors (Lipinski definition) is 2. The van der Waals surface area contributed by atoms with Gasteiger partial charge in [-0.25, -0.2) is 0 Å². The van der Waals surface area contributed by atoms with Crippen LogP contribution in [0.4, 0.5) is 5.69 Å². The van der Waals surface area contributed by atoms with Gasteiger partial charge in [-0.05, 0) is 92.1 Å². The molecule has 1 aliphatic rings. The van der Waals surface area contributed by atoms with Crippen LogP contribution in [0.15, 0.2) is 85.2 Å². The molecule has 2 N–H and O–H groups in total. The standard InChI is InChI=1S/C30H31N5OS/c1-20-13-14-23(19-22(20)3)34-17-8-12-26(34)29-28(25-11-6-7-16-31-25)33-30(37)35(29)18-15-27(36)32-24-10-5-4-9-21(24)2/h4-14,16-17,19,28-29H,15,18H2,1-3H3,(H,32,36)(H,33,37)/t28-,29+/m0/s1. The summed E-state index contributed by atoms with van der Waals surface area (Å²) in [4.78, 5) is 19.7. The number of benzene rings is 2. The SMILES string of the molecule is Cc1ccc(-n2cccc2[C@@H]2[C@H](c3ccccn3)NC(=S)N2CCC(=O)Nc2ccccc2C)cc1C. The molecule has 0 saturated carbocycles. The molecule has 7 heteroatoms. The lowest BCUT2D eigenvalue weighted by atomic mass is 10.0. The fourth-order valence-corrected chi connectivity index (χ4v) is 5.19. The third-order valence-electron chi connectivity index (χ3n) is 7.05. The van der Waals surface area contributed by atoms with Crippen molar-refractivity contribution in [3.8, 4) is 5.69 Å². The monoisotopic (exact) mass is 509 g/mol. The third-order valence-corrected chi connectivity index (χ3v) is 7.40. The number of para-hydroxylation sites is 1. The van der Waals surface area contributed by atoms with Crippen LogP contribution in [-0.4, -0.2) is 32.0 Å². The molecule has 1 fully saturated rings. The van der Waals surface area contributed by atoms with Gasteiger partial charge in [0.05, 0.1) is 17.8 Å². The number of carbonyl (C=O) groups excluding carboxylic acids is 1. The highest BCUT2D eigenvalue weighted by Crippen LogP contribution is 2.39. The van der Waals surface area contributed by atoms with E-state index in [0.717, 1.165) is 28.3 Å². The number of thiocarbonyl (C=S) groups is 1. The van der Waals surface area contributed by atoms with Crippen LogP contribution < -0.4 is 10.6 Å². The lowest BCUT2D eigenvalue weighted by molar-refractivity contribution is -0.116. The van der Waals surface area contributed by atoms with Gasteiger partial charge in [0.25, 0.3) is 0 Å². The normalized spacial score (nSPS) is 17.1. The summed E-state index contributed by atoms with van der Waals surface area (Å²) in [6.07, 6.45) is 4.20. The first-order valence-corrected chi connectivity index (χ1v) is 12.9. The quantitative estimate of drug-likeness (QED) is 0.309. The number of pyridine rings is 1. The average molecular weight is 510 g/mol. The molecule has 4 aromatic rings. The summed E-state index contributed by atoms with van der Waals surface area (Å²) >= 11 is 5.81. The van der Waals surface area contributed by atoms with Crippen LogP contribution in [0.3, 0.4) is 0 Å². The van der Waals surface area contributed by atoms with Gasteiger partial charge in [0.1, 0.15) is 0 Å². The van der Waals surface area contributed by atoms with Crippen molar-refractivity contribution in [1.29, 1.82) is 0 Å². The molecule has 37 heavy (non-hydrogen) atoms. The Hall–Kier alpha value is -3.97. The van der Waals surface area contributed by atoms with Crippen LogP contribution >= 0.6 is 12.2 Å². The molecule has 0 aliphatic carbocycles. The number of nitrogens with zero attached hydrogens (tertiary/aromatic N) is 3. The summed E-state index contributed by atoms with van der Waals surface area (Å²) in [6.45, 7) is 6.72. The lowest BCUT2D eigenvalue weighted by Crippen LogP contribution is -2.33. The van der Waals surface area contributed by atoms with Crippen LogP contribution in [-0.2, 0) is 4.79 Å². The molecule has 1 saturated heterocycles. The van der Waals surface area contributed by atoms with Crippen molar-refractivity contribution >= 4 is 28.9 Å². The topological polar surface area (TPSA) is 62.2 Å². The molecule has 0 bridgehead atoms. The number of anilines is 1. The van der Waals surface area contributed by atoms with Crippen LogP contribution in [0.1, 0.15) is 46.6 Å². The van der Waals surface area contributed by atoms with Crippen molar-refractivity contribution in [3.05, 3.63) is 113 Å². The first-order valence-electron chi connectivity index (χ1n) is 12.5. The second kappa shape index (κ2) is 10.6. The number of carbonyl (C=O) groups is 1. The van der Waals surface area contributed by atoms with Crippen molar-refractivity contribution in [2.24, 2.45) is 0 Å². The number of aryl methyl sites for hydroxylation is 3. The van der Waals surface area contributed by atoms with Gasteiger partial charge in [0, 0.05) is 42.4 Å². The van der Waals surface area contributed by atoms with Crippen LogP contribution in [0.5, 0.6) is 0 Å². The molecule has 2 aromatic carbocycles. The molecule has 0 radical (unpaired) electrons. The van der Waals surface area contributed by atoms with Crippen LogP contribution in [0.2, 0.25) is 0 Å². The van der Waals surface area contributed by atoms with Crippen molar-refractivity contribution in [3.63, 3.8) is 0 Å². The summed E-state index contributed by atoms with van der Waals surface area (Å²) in [7, 11) is 0. The van der Waals surface area contributed by atoms with E-state index in [9.17, 15) is 4.79 Å².